The molecule has 1 rings (SSSR count). The van der Waals surface area contributed by atoms with E-state index < -0.39 is 0 Å². The molecule has 1 saturated heterocycles. The van der Waals surface area contributed by atoms with Gasteiger partial charge in [-0.05, 0) is 18.9 Å². The highest BCUT2D eigenvalue weighted by Crippen LogP contribution is 2.09. The van der Waals surface area contributed by atoms with Crippen molar-refractivity contribution in [3.05, 3.63) is 12.7 Å². The van der Waals surface area contributed by atoms with Gasteiger partial charge in [0.2, 0.25) is 5.91 Å². The molecule has 0 bridgehead atoms. The van der Waals surface area contributed by atoms with Crippen molar-refractivity contribution in [3.8, 4) is 0 Å². The maximum absolute atomic E-state index is 11.0. The molecule has 1 N–H and O–H groups in total. The number of piperidine rings is 1. The molecule has 0 unspecified atom stereocenters. The molecule has 0 aliphatic carbocycles. The van der Waals surface area contributed by atoms with E-state index in [2.05, 4.69) is 6.58 Å². The van der Waals surface area contributed by atoms with Crippen molar-refractivity contribution >= 4 is 5.91 Å². The van der Waals surface area contributed by atoms with Gasteiger partial charge in [0, 0.05) is 14.5 Å². The molecular formula is C8H15NO2. The highest BCUT2D eigenvalue weighted by atomic mass is 16.3. The Morgan fingerprint density at radius 3 is 3.09 bits per heavy atom. The zero-order valence-electron chi connectivity index (χ0n) is 6.49. The number of aliphatic hydroxyl groups excluding tert-OH is 1. The van der Waals surface area contributed by atoms with Gasteiger partial charge in [0.1, 0.15) is 0 Å². The van der Waals surface area contributed by atoms with Crippen molar-refractivity contribution in [2.45, 2.75) is 18.9 Å². The third-order valence-corrected chi connectivity index (χ3v) is 1.88. The van der Waals surface area contributed by atoms with Crippen LogP contribution in [-0.2, 0) is 4.79 Å². The molecular weight excluding hydrogens is 142 g/mol. The summed E-state index contributed by atoms with van der Waals surface area (Å²) in [6.45, 7) is 4.60. The highest BCUT2D eigenvalue weighted by Gasteiger charge is 2.19. The van der Waals surface area contributed by atoms with Crippen LogP contribution >= 0.6 is 0 Å². The Balaban J connectivity index is 0.00000121. The maximum Gasteiger partial charge on any atom is 0.246 e. The fraction of sp³-hybridized carbons (Fsp3) is 0.625. The summed E-state index contributed by atoms with van der Waals surface area (Å²) in [4.78, 5) is 12.6. The molecule has 1 aliphatic heterocycles. The van der Waals surface area contributed by atoms with Crippen molar-refractivity contribution in [3.63, 3.8) is 0 Å². The summed E-state index contributed by atoms with van der Waals surface area (Å²) in [5.74, 6) is -0.0799. The van der Waals surface area contributed by atoms with Crippen LogP contribution in [0.2, 0.25) is 0 Å². The number of carbonyl (C=O) groups is 1. The van der Waals surface area contributed by atoms with Crippen LogP contribution in [-0.4, -0.2) is 35.1 Å². The van der Waals surface area contributed by atoms with Crippen molar-refractivity contribution in [1.82, 2.24) is 4.90 Å². The van der Waals surface area contributed by atoms with E-state index in [1.165, 1.54) is 6.08 Å². The van der Waals surface area contributed by atoms with E-state index in [9.17, 15) is 9.90 Å². The Morgan fingerprint density at radius 2 is 2.55 bits per heavy atom. The van der Waals surface area contributed by atoms with Gasteiger partial charge in [-0.25, -0.2) is 0 Å². The molecule has 11 heavy (non-hydrogen) atoms. The SMILES string of the molecule is C=CC(=O)N1CCC[C@@H](O)C1.[HH]. The average molecular weight is 157 g/mol. The van der Waals surface area contributed by atoms with E-state index in [1.807, 2.05) is 0 Å². The van der Waals surface area contributed by atoms with Gasteiger partial charge in [-0.15, -0.1) is 0 Å². The minimum atomic E-state index is -0.340. The summed E-state index contributed by atoms with van der Waals surface area (Å²) in [5.41, 5.74) is 0. The summed E-state index contributed by atoms with van der Waals surface area (Å²) in [7, 11) is 0. The van der Waals surface area contributed by atoms with E-state index in [1.54, 1.807) is 4.90 Å². The maximum atomic E-state index is 11.0. The van der Waals surface area contributed by atoms with Gasteiger partial charge in [-0.1, -0.05) is 6.58 Å². The molecule has 0 aromatic carbocycles. The Morgan fingerprint density at radius 1 is 1.82 bits per heavy atom. The molecule has 1 amide bonds. The monoisotopic (exact) mass is 157 g/mol. The van der Waals surface area contributed by atoms with Crippen molar-refractivity contribution in [2.24, 2.45) is 0 Å². The zero-order valence-corrected chi connectivity index (χ0v) is 6.49. The van der Waals surface area contributed by atoms with E-state index in [0.717, 1.165) is 19.4 Å². The van der Waals surface area contributed by atoms with Crippen LogP contribution < -0.4 is 0 Å². The fourth-order valence-corrected chi connectivity index (χ4v) is 1.28. The third-order valence-electron chi connectivity index (χ3n) is 1.88. The molecule has 3 nitrogen and oxygen atoms in total. The lowest BCUT2D eigenvalue weighted by atomic mass is 10.1. The number of aliphatic hydroxyl groups is 1. The van der Waals surface area contributed by atoms with Gasteiger partial charge < -0.3 is 10.0 Å². The summed E-state index contributed by atoms with van der Waals surface area (Å²) < 4.78 is 0. The summed E-state index contributed by atoms with van der Waals surface area (Å²) in [5, 5.41) is 9.20. The van der Waals surface area contributed by atoms with E-state index >= 15 is 0 Å². The Kier molecular flexibility index (Phi) is 2.65. The van der Waals surface area contributed by atoms with Gasteiger partial charge in [0.25, 0.3) is 0 Å². The molecule has 1 fully saturated rings. The Hall–Kier alpha value is -0.830. The van der Waals surface area contributed by atoms with Crippen molar-refractivity contribution in [1.29, 1.82) is 0 Å². The first kappa shape index (κ1) is 8.27. The molecule has 64 valence electrons. The normalized spacial score (nSPS) is 24.8. The zero-order chi connectivity index (χ0) is 8.27. The number of rotatable bonds is 1. The summed E-state index contributed by atoms with van der Waals surface area (Å²) in [6, 6.07) is 0. The molecule has 0 spiro atoms. The van der Waals surface area contributed by atoms with Crippen LogP contribution in [0.4, 0.5) is 0 Å². The second-order valence-electron chi connectivity index (χ2n) is 2.78. The lowest BCUT2D eigenvalue weighted by molar-refractivity contribution is -0.128. The smallest absolute Gasteiger partial charge is 0.246 e. The minimum Gasteiger partial charge on any atom is -0.391 e. The number of nitrogens with zero attached hydrogens (tertiary/aromatic N) is 1. The number of likely N-dealkylation sites (tertiary alicyclic amines) is 1. The Bertz CT molecular complexity index is 172. The topological polar surface area (TPSA) is 40.5 Å². The third kappa shape index (κ3) is 2.05. The van der Waals surface area contributed by atoms with Gasteiger partial charge in [-0.2, -0.15) is 0 Å². The van der Waals surface area contributed by atoms with Gasteiger partial charge in [0.15, 0.2) is 0 Å². The first-order valence-electron chi connectivity index (χ1n) is 3.83. The van der Waals surface area contributed by atoms with Crippen LogP contribution in [0, 0.1) is 0 Å². The second kappa shape index (κ2) is 3.53. The Labute approximate surface area is 67.8 Å². The predicted octanol–water partition coefficient (Wildman–Crippen LogP) is 0.402. The number of hydrogen-bond donors (Lipinski definition) is 1. The molecule has 0 saturated carbocycles. The lowest BCUT2D eigenvalue weighted by Crippen LogP contribution is -2.41. The molecule has 1 atom stereocenters. The number of carbonyl (C=O) groups excluding carboxylic acids is 1. The lowest BCUT2D eigenvalue weighted by Gasteiger charge is -2.28. The molecule has 0 radical (unpaired) electrons. The number of β-amino-alcohol motifs (C(OH)–C–C–N with tert-alkyl or cyclic N) is 1. The number of amides is 1. The van der Waals surface area contributed by atoms with E-state index in [4.69, 9.17) is 0 Å². The van der Waals surface area contributed by atoms with Crippen molar-refractivity contribution in [2.75, 3.05) is 13.1 Å². The quantitative estimate of drug-likeness (QED) is 0.560. The molecule has 0 aromatic rings. The minimum absolute atomic E-state index is 0. The largest absolute Gasteiger partial charge is 0.391 e. The predicted molar refractivity (Wildman–Crippen MR) is 44.1 cm³/mol. The van der Waals surface area contributed by atoms with Gasteiger partial charge in [-0.3, -0.25) is 4.79 Å². The van der Waals surface area contributed by atoms with Crippen LogP contribution in [0.1, 0.15) is 14.3 Å². The van der Waals surface area contributed by atoms with Crippen molar-refractivity contribution < 1.29 is 11.3 Å². The summed E-state index contributed by atoms with van der Waals surface area (Å²) >= 11 is 0. The first-order chi connectivity index (χ1) is 5.24. The molecule has 1 aliphatic rings. The highest BCUT2D eigenvalue weighted by molar-refractivity contribution is 5.87. The standard InChI is InChI=1S/C8H13NO2.H2/c1-2-8(11)9-5-3-4-7(10)6-9;/h2,7,10H,1,3-6H2;1H/t7-;/m1./s1. The molecule has 0 aromatic heterocycles. The number of hydrogen-bond acceptors (Lipinski definition) is 2. The van der Waals surface area contributed by atoms with Crippen LogP contribution in [0.3, 0.4) is 0 Å². The molecule has 3 heteroatoms. The fourth-order valence-electron chi connectivity index (χ4n) is 1.28. The van der Waals surface area contributed by atoms with Gasteiger partial charge in [0.05, 0.1) is 6.10 Å². The molecule has 1 heterocycles. The second-order valence-corrected chi connectivity index (χ2v) is 2.78. The van der Waals surface area contributed by atoms with Gasteiger partial charge >= 0.3 is 0 Å². The van der Waals surface area contributed by atoms with Crippen LogP contribution in [0.15, 0.2) is 12.7 Å². The van der Waals surface area contributed by atoms with Crippen LogP contribution in [0.5, 0.6) is 0 Å². The first-order valence-corrected chi connectivity index (χ1v) is 3.83. The van der Waals surface area contributed by atoms with E-state index in [0.29, 0.717) is 6.54 Å². The average Bonchev–Trinajstić information content (AvgIpc) is 2.03. The summed E-state index contributed by atoms with van der Waals surface area (Å²) in [6.07, 6.45) is 2.65. The van der Waals surface area contributed by atoms with E-state index in [-0.39, 0.29) is 13.4 Å². The van der Waals surface area contributed by atoms with Crippen LogP contribution in [0.25, 0.3) is 0 Å².